The fourth-order valence-corrected chi connectivity index (χ4v) is 4.63. The highest BCUT2D eigenvalue weighted by Crippen LogP contribution is 2.25. The predicted octanol–water partition coefficient (Wildman–Crippen LogP) is 1.10. The van der Waals surface area contributed by atoms with Crippen LogP contribution in [-0.2, 0) is 17.8 Å². The monoisotopic (exact) mass is 482 g/mol. The second kappa shape index (κ2) is 10.7. The van der Waals surface area contributed by atoms with Crippen LogP contribution in [0.4, 0.5) is 10.6 Å². The van der Waals surface area contributed by atoms with Crippen molar-refractivity contribution in [3.8, 4) is 0 Å². The van der Waals surface area contributed by atoms with Crippen LogP contribution in [0, 0.1) is 0 Å². The molecule has 0 bridgehead atoms. The number of rotatable bonds is 6. The van der Waals surface area contributed by atoms with Gasteiger partial charge in [0.25, 0.3) is 5.91 Å². The lowest BCUT2D eigenvalue weighted by Gasteiger charge is -2.37. The van der Waals surface area contributed by atoms with E-state index in [1.807, 2.05) is 24.3 Å². The SMILES string of the molecule is CC(=O)N1CCC(Nc2cc(C(=O)NC[C@@H](O)C3Cc4ccccc4CN3C(=O)O)ncn2)CC1. The maximum absolute atomic E-state index is 12.7. The van der Waals surface area contributed by atoms with Crippen LogP contribution >= 0.6 is 0 Å². The summed E-state index contributed by atoms with van der Waals surface area (Å²) in [5.74, 6) is 0.0856. The highest BCUT2D eigenvalue weighted by Gasteiger charge is 2.34. The molecule has 1 fully saturated rings. The van der Waals surface area contributed by atoms with Crippen LogP contribution in [0.2, 0.25) is 0 Å². The molecule has 0 spiro atoms. The summed E-state index contributed by atoms with van der Waals surface area (Å²) in [7, 11) is 0. The number of aromatic nitrogens is 2. The molecule has 4 rings (SSSR count). The number of hydrogen-bond acceptors (Lipinski definition) is 7. The Balaban J connectivity index is 1.33. The molecule has 186 valence electrons. The van der Waals surface area contributed by atoms with Crippen LogP contribution < -0.4 is 10.6 Å². The number of carbonyl (C=O) groups excluding carboxylic acids is 2. The largest absolute Gasteiger partial charge is 0.465 e. The third kappa shape index (κ3) is 5.86. The van der Waals surface area contributed by atoms with Crippen molar-refractivity contribution < 1.29 is 24.6 Å². The molecule has 1 aromatic heterocycles. The lowest BCUT2D eigenvalue weighted by molar-refractivity contribution is -0.129. The Labute approximate surface area is 203 Å². The zero-order valence-corrected chi connectivity index (χ0v) is 19.6. The van der Waals surface area contributed by atoms with E-state index in [9.17, 15) is 24.6 Å². The number of carboxylic acid groups (broad SMARTS) is 1. The van der Waals surface area contributed by atoms with Gasteiger partial charge in [0.15, 0.2) is 0 Å². The summed E-state index contributed by atoms with van der Waals surface area (Å²) in [5.41, 5.74) is 2.04. The smallest absolute Gasteiger partial charge is 0.407 e. The number of likely N-dealkylation sites (tertiary alicyclic amines) is 1. The second-order valence-electron chi connectivity index (χ2n) is 8.94. The Morgan fingerprint density at radius 3 is 2.54 bits per heavy atom. The number of benzene rings is 1. The molecule has 35 heavy (non-hydrogen) atoms. The Kier molecular flexibility index (Phi) is 7.45. The fraction of sp³-hybridized carbons (Fsp3) is 0.458. The molecule has 11 nitrogen and oxygen atoms in total. The molecule has 3 heterocycles. The molecular formula is C24H30N6O5. The van der Waals surface area contributed by atoms with Crippen molar-refractivity contribution >= 4 is 23.7 Å². The minimum Gasteiger partial charge on any atom is -0.465 e. The molecule has 0 saturated carbocycles. The standard InChI is InChI=1S/C24H30N6O5/c1-15(31)29-8-6-18(7-9-29)28-22-11-19(26-14-27-22)23(33)25-12-21(32)20-10-16-4-2-3-5-17(16)13-30(20)24(34)35/h2-5,11,14,18,20-21,32H,6-10,12-13H2,1H3,(H,25,33)(H,34,35)(H,26,27,28)/t20?,21-/m1/s1. The van der Waals surface area contributed by atoms with Crippen molar-refractivity contribution in [2.75, 3.05) is 25.0 Å². The van der Waals surface area contributed by atoms with E-state index in [0.29, 0.717) is 25.3 Å². The molecule has 2 atom stereocenters. The lowest BCUT2D eigenvalue weighted by atomic mass is 9.91. The quantitative estimate of drug-likeness (QED) is 0.478. The lowest BCUT2D eigenvalue weighted by Crippen LogP contribution is -2.53. The van der Waals surface area contributed by atoms with Gasteiger partial charge in [0, 0.05) is 45.2 Å². The maximum atomic E-state index is 12.7. The molecule has 2 aliphatic heterocycles. The molecule has 1 saturated heterocycles. The molecule has 4 N–H and O–H groups in total. The van der Waals surface area contributed by atoms with E-state index in [-0.39, 0.29) is 30.7 Å². The van der Waals surface area contributed by atoms with Crippen molar-refractivity contribution in [1.29, 1.82) is 0 Å². The number of hydrogen-bond donors (Lipinski definition) is 4. The van der Waals surface area contributed by atoms with Crippen molar-refractivity contribution in [2.24, 2.45) is 0 Å². The summed E-state index contributed by atoms with van der Waals surface area (Å²) in [6, 6.07) is 8.54. The summed E-state index contributed by atoms with van der Waals surface area (Å²) >= 11 is 0. The third-order valence-electron chi connectivity index (χ3n) is 6.64. The zero-order valence-electron chi connectivity index (χ0n) is 19.6. The van der Waals surface area contributed by atoms with Crippen molar-refractivity contribution in [1.82, 2.24) is 25.1 Å². The number of aliphatic hydroxyl groups excluding tert-OH is 1. The van der Waals surface area contributed by atoms with Crippen LogP contribution in [0.5, 0.6) is 0 Å². The van der Waals surface area contributed by atoms with Gasteiger partial charge in [-0.15, -0.1) is 0 Å². The van der Waals surface area contributed by atoms with Crippen LogP contribution in [-0.4, -0.2) is 85.7 Å². The number of aliphatic hydroxyl groups is 1. The first kappa shape index (κ1) is 24.4. The van der Waals surface area contributed by atoms with Gasteiger partial charge in [-0.2, -0.15) is 0 Å². The average Bonchev–Trinajstić information content (AvgIpc) is 2.86. The second-order valence-corrected chi connectivity index (χ2v) is 8.94. The van der Waals surface area contributed by atoms with Gasteiger partial charge < -0.3 is 25.7 Å². The summed E-state index contributed by atoms with van der Waals surface area (Å²) in [5, 5.41) is 26.3. The molecule has 3 amide bonds. The first-order chi connectivity index (χ1) is 16.8. The number of nitrogens with one attached hydrogen (secondary N) is 2. The van der Waals surface area contributed by atoms with E-state index in [0.717, 1.165) is 24.0 Å². The Bertz CT molecular complexity index is 1090. The third-order valence-corrected chi connectivity index (χ3v) is 6.64. The molecule has 1 aromatic carbocycles. The van der Waals surface area contributed by atoms with Gasteiger partial charge in [-0.05, 0) is 30.4 Å². The highest BCUT2D eigenvalue weighted by atomic mass is 16.4. The molecular weight excluding hydrogens is 452 g/mol. The first-order valence-corrected chi connectivity index (χ1v) is 11.7. The van der Waals surface area contributed by atoms with E-state index in [2.05, 4.69) is 20.6 Å². The summed E-state index contributed by atoms with van der Waals surface area (Å²) in [4.78, 5) is 47.2. The number of amides is 3. The molecule has 0 aliphatic carbocycles. The highest BCUT2D eigenvalue weighted by molar-refractivity contribution is 5.92. The van der Waals surface area contributed by atoms with Crippen molar-refractivity contribution in [2.45, 2.75) is 50.9 Å². The van der Waals surface area contributed by atoms with E-state index >= 15 is 0 Å². The average molecular weight is 483 g/mol. The van der Waals surface area contributed by atoms with Gasteiger partial charge in [-0.25, -0.2) is 14.8 Å². The van der Waals surface area contributed by atoms with Crippen LogP contribution in [0.1, 0.15) is 41.4 Å². The van der Waals surface area contributed by atoms with E-state index in [1.165, 1.54) is 11.2 Å². The van der Waals surface area contributed by atoms with Gasteiger partial charge >= 0.3 is 6.09 Å². The molecule has 2 aromatic rings. The van der Waals surface area contributed by atoms with Crippen molar-refractivity contribution in [3.05, 3.63) is 53.5 Å². The molecule has 1 unspecified atom stereocenters. The Morgan fingerprint density at radius 2 is 1.86 bits per heavy atom. The van der Waals surface area contributed by atoms with Crippen LogP contribution in [0.25, 0.3) is 0 Å². The molecule has 11 heteroatoms. The maximum Gasteiger partial charge on any atom is 0.407 e. The van der Waals surface area contributed by atoms with Crippen LogP contribution in [0.15, 0.2) is 36.7 Å². The van der Waals surface area contributed by atoms with Gasteiger partial charge in [-0.1, -0.05) is 24.3 Å². The number of anilines is 1. The predicted molar refractivity (Wildman–Crippen MR) is 127 cm³/mol. The zero-order chi connectivity index (χ0) is 24.9. The summed E-state index contributed by atoms with van der Waals surface area (Å²) < 4.78 is 0. The van der Waals surface area contributed by atoms with Crippen LogP contribution in [0.3, 0.4) is 0 Å². The van der Waals surface area contributed by atoms with Gasteiger partial charge in [-0.3, -0.25) is 14.5 Å². The molecule has 0 radical (unpaired) electrons. The van der Waals surface area contributed by atoms with E-state index in [1.54, 1.807) is 17.9 Å². The molecule has 2 aliphatic rings. The van der Waals surface area contributed by atoms with Crippen molar-refractivity contribution in [3.63, 3.8) is 0 Å². The topological polar surface area (TPSA) is 148 Å². The van der Waals surface area contributed by atoms with Gasteiger partial charge in [0.2, 0.25) is 5.91 Å². The number of fused-ring (bicyclic) bond motifs is 1. The van der Waals surface area contributed by atoms with E-state index < -0.39 is 24.1 Å². The first-order valence-electron chi connectivity index (χ1n) is 11.7. The number of carbonyl (C=O) groups is 3. The summed E-state index contributed by atoms with van der Waals surface area (Å²) in [6.45, 7) is 2.97. The Morgan fingerprint density at radius 1 is 1.14 bits per heavy atom. The minimum absolute atomic E-state index is 0.0653. The fourth-order valence-electron chi connectivity index (χ4n) is 4.63. The summed E-state index contributed by atoms with van der Waals surface area (Å²) in [6.07, 6.45) is 1.01. The van der Waals surface area contributed by atoms with Gasteiger partial charge in [0.05, 0.1) is 12.1 Å². The number of piperidine rings is 1. The Hall–Kier alpha value is -3.73. The van der Waals surface area contributed by atoms with Gasteiger partial charge in [0.1, 0.15) is 17.8 Å². The number of nitrogens with zero attached hydrogens (tertiary/aromatic N) is 4. The normalized spacial score (nSPS) is 19.0. The minimum atomic E-state index is -1.12. The van der Waals surface area contributed by atoms with E-state index in [4.69, 9.17) is 0 Å².